The second-order valence-electron chi connectivity index (χ2n) is 5.96. The van der Waals surface area contributed by atoms with Crippen LogP contribution in [0.1, 0.15) is 17.7 Å². The molecular weight excluding hydrogens is 268 g/mol. The first-order valence-corrected chi connectivity index (χ1v) is 7.92. The second kappa shape index (κ2) is 5.82. The van der Waals surface area contributed by atoms with Crippen molar-refractivity contribution in [2.45, 2.75) is 13.0 Å². The van der Waals surface area contributed by atoms with E-state index in [0.717, 1.165) is 26.1 Å². The highest BCUT2D eigenvalue weighted by molar-refractivity contribution is 5.80. The SMILES string of the molecule is C1=C(c2ccccc2)CCN(Cc2cc3ccccc3[nH]2)C1. The Bertz CT molecular complexity index is 766. The van der Waals surface area contributed by atoms with Gasteiger partial charge in [0.1, 0.15) is 0 Å². The van der Waals surface area contributed by atoms with E-state index in [9.17, 15) is 0 Å². The van der Waals surface area contributed by atoms with Gasteiger partial charge in [0.2, 0.25) is 0 Å². The maximum absolute atomic E-state index is 3.52. The average Bonchev–Trinajstić information content (AvgIpc) is 2.98. The van der Waals surface area contributed by atoms with E-state index in [4.69, 9.17) is 0 Å². The number of aromatic nitrogens is 1. The number of aromatic amines is 1. The largest absolute Gasteiger partial charge is 0.357 e. The predicted octanol–water partition coefficient (Wildman–Crippen LogP) is 4.46. The monoisotopic (exact) mass is 288 g/mol. The summed E-state index contributed by atoms with van der Waals surface area (Å²) >= 11 is 0. The van der Waals surface area contributed by atoms with Crippen molar-refractivity contribution >= 4 is 16.5 Å². The van der Waals surface area contributed by atoms with Crippen LogP contribution in [-0.4, -0.2) is 23.0 Å². The molecule has 110 valence electrons. The smallest absolute Gasteiger partial charge is 0.0456 e. The summed E-state index contributed by atoms with van der Waals surface area (Å²) in [5, 5.41) is 1.30. The summed E-state index contributed by atoms with van der Waals surface area (Å²) in [6.07, 6.45) is 3.51. The maximum Gasteiger partial charge on any atom is 0.0456 e. The number of para-hydroxylation sites is 1. The standard InChI is InChI=1S/C20H20N2/c1-2-6-16(7-3-1)17-10-12-22(13-11-17)15-19-14-18-8-4-5-9-20(18)21-19/h1-10,14,21H,11-13,15H2. The molecule has 0 unspecified atom stereocenters. The van der Waals surface area contributed by atoms with Crippen molar-refractivity contribution in [2.75, 3.05) is 13.1 Å². The molecule has 1 N–H and O–H groups in total. The zero-order valence-corrected chi connectivity index (χ0v) is 12.6. The number of hydrogen-bond donors (Lipinski definition) is 1. The van der Waals surface area contributed by atoms with E-state index >= 15 is 0 Å². The molecule has 0 fully saturated rings. The molecule has 0 bridgehead atoms. The van der Waals surface area contributed by atoms with Crippen LogP contribution in [0.3, 0.4) is 0 Å². The molecule has 0 spiro atoms. The lowest BCUT2D eigenvalue weighted by atomic mass is 9.99. The fourth-order valence-corrected chi connectivity index (χ4v) is 3.23. The second-order valence-corrected chi connectivity index (χ2v) is 5.96. The highest BCUT2D eigenvalue weighted by Crippen LogP contribution is 2.23. The molecule has 2 heterocycles. The molecule has 0 saturated heterocycles. The molecule has 1 aliphatic heterocycles. The lowest BCUT2D eigenvalue weighted by Gasteiger charge is -2.26. The van der Waals surface area contributed by atoms with Gasteiger partial charge in [0.15, 0.2) is 0 Å². The molecule has 22 heavy (non-hydrogen) atoms. The maximum atomic E-state index is 3.52. The molecule has 2 aromatic carbocycles. The lowest BCUT2D eigenvalue weighted by molar-refractivity contribution is 0.291. The van der Waals surface area contributed by atoms with Gasteiger partial charge in [0, 0.05) is 30.8 Å². The Morgan fingerprint density at radius 1 is 0.955 bits per heavy atom. The van der Waals surface area contributed by atoms with Crippen molar-refractivity contribution in [1.29, 1.82) is 0 Å². The Hall–Kier alpha value is -2.32. The average molecular weight is 288 g/mol. The van der Waals surface area contributed by atoms with Gasteiger partial charge in [-0.05, 0) is 35.1 Å². The molecule has 1 aromatic heterocycles. The first kappa shape index (κ1) is 13.4. The van der Waals surface area contributed by atoms with Gasteiger partial charge >= 0.3 is 0 Å². The third kappa shape index (κ3) is 2.70. The van der Waals surface area contributed by atoms with Gasteiger partial charge in [-0.15, -0.1) is 0 Å². The third-order valence-corrected chi connectivity index (χ3v) is 4.42. The van der Waals surface area contributed by atoms with E-state index in [1.54, 1.807) is 0 Å². The van der Waals surface area contributed by atoms with E-state index in [0.29, 0.717) is 0 Å². The van der Waals surface area contributed by atoms with Crippen molar-refractivity contribution < 1.29 is 0 Å². The van der Waals surface area contributed by atoms with E-state index in [1.165, 1.54) is 27.7 Å². The quantitative estimate of drug-likeness (QED) is 0.754. The number of nitrogens with one attached hydrogen (secondary N) is 1. The predicted molar refractivity (Wildman–Crippen MR) is 92.6 cm³/mol. The molecule has 0 saturated carbocycles. The number of nitrogens with zero attached hydrogens (tertiary/aromatic N) is 1. The molecular formula is C20H20N2. The Kier molecular flexibility index (Phi) is 3.53. The van der Waals surface area contributed by atoms with E-state index in [2.05, 4.69) is 76.6 Å². The third-order valence-electron chi connectivity index (χ3n) is 4.42. The van der Waals surface area contributed by atoms with Gasteiger partial charge in [0.05, 0.1) is 0 Å². The molecule has 3 aromatic rings. The normalized spacial score (nSPS) is 15.9. The molecule has 4 rings (SSSR count). The highest BCUT2D eigenvalue weighted by Gasteiger charge is 2.13. The number of benzene rings is 2. The van der Waals surface area contributed by atoms with Crippen LogP contribution in [0, 0.1) is 0 Å². The van der Waals surface area contributed by atoms with Crippen molar-refractivity contribution in [3.63, 3.8) is 0 Å². The van der Waals surface area contributed by atoms with Crippen LogP contribution in [0.25, 0.3) is 16.5 Å². The summed E-state index contributed by atoms with van der Waals surface area (Å²) in [5.74, 6) is 0. The molecule has 0 aliphatic carbocycles. The molecule has 0 atom stereocenters. The van der Waals surface area contributed by atoms with E-state index in [-0.39, 0.29) is 0 Å². The zero-order valence-electron chi connectivity index (χ0n) is 12.6. The first-order valence-electron chi connectivity index (χ1n) is 7.92. The molecule has 2 nitrogen and oxygen atoms in total. The summed E-state index contributed by atoms with van der Waals surface area (Å²) in [7, 11) is 0. The zero-order chi connectivity index (χ0) is 14.8. The van der Waals surface area contributed by atoms with Crippen molar-refractivity contribution in [3.8, 4) is 0 Å². The van der Waals surface area contributed by atoms with Crippen LogP contribution in [0.15, 0.2) is 66.7 Å². The molecule has 0 amide bonds. The Morgan fingerprint density at radius 3 is 2.55 bits per heavy atom. The van der Waals surface area contributed by atoms with Crippen molar-refractivity contribution in [2.24, 2.45) is 0 Å². The van der Waals surface area contributed by atoms with E-state index < -0.39 is 0 Å². The number of rotatable bonds is 3. The van der Waals surface area contributed by atoms with Crippen LogP contribution in [0.5, 0.6) is 0 Å². The van der Waals surface area contributed by atoms with Crippen LogP contribution >= 0.6 is 0 Å². The molecule has 1 aliphatic rings. The van der Waals surface area contributed by atoms with Crippen LogP contribution < -0.4 is 0 Å². The summed E-state index contributed by atoms with van der Waals surface area (Å²) in [5.41, 5.74) is 5.38. The van der Waals surface area contributed by atoms with Gasteiger partial charge in [0.25, 0.3) is 0 Å². The van der Waals surface area contributed by atoms with E-state index in [1.807, 2.05) is 0 Å². The molecule has 0 radical (unpaired) electrons. The number of hydrogen-bond acceptors (Lipinski definition) is 1. The van der Waals surface area contributed by atoms with Crippen molar-refractivity contribution in [1.82, 2.24) is 9.88 Å². The fraction of sp³-hybridized carbons (Fsp3) is 0.200. The Balaban J connectivity index is 1.46. The van der Waals surface area contributed by atoms with Gasteiger partial charge < -0.3 is 4.98 Å². The molecule has 2 heteroatoms. The minimum atomic E-state index is 0.993. The van der Waals surface area contributed by atoms with Gasteiger partial charge in [-0.25, -0.2) is 0 Å². The van der Waals surface area contributed by atoms with Crippen LogP contribution in [-0.2, 0) is 6.54 Å². The lowest BCUT2D eigenvalue weighted by Crippen LogP contribution is -2.28. The minimum Gasteiger partial charge on any atom is -0.357 e. The van der Waals surface area contributed by atoms with Gasteiger partial charge in [-0.1, -0.05) is 54.6 Å². The summed E-state index contributed by atoms with van der Waals surface area (Å²) in [6.45, 7) is 3.14. The van der Waals surface area contributed by atoms with Crippen molar-refractivity contribution in [3.05, 3.63) is 78.0 Å². The van der Waals surface area contributed by atoms with Gasteiger partial charge in [-0.2, -0.15) is 0 Å². The number of fused-ring (bicyclic) bond motifs is 1. The Labute approximate surface area is 131 Å². The summed E-state index contributed by atoms with van der Waals surface area (Å²) in [6, 6.07) is 21.5. The number of H-pyrrole nitrogens is 1. The van der Waals surface area contributed by atoms with Crippen LogP contribution in [0.2, 0.25) is 0 Å². The highest BCUT2D eigenvalue weighted by atomic mass is 15.1. The minimum absolute atomic E-state index is 0.993. The summed E-state index contributed by atoms with van der Waals surface area (Å²) < 4.78 is 0. The first-order chi connectivity index (χ1) is 10.9. The van der Waals surface area contributed by atoms with Crippen LogP contribution in [0.4, 0.5) is 0 Å². The van der Waals surface area contributed by atoms with Gasteiger partial charge in [-0.3, -0.25) is 4.90 Å². The topological polar surface area (TPSA) is 19.0 Å². The Morgan fingerprint density at radius 2 is 1.77 bits per heavy atom. The fourth-order valence-electron chi connectivity index (χ4n) is 3.23. The summed E-state index contributed by atoms with van der Waals surface area (Å²) in [4.78, 5) is 6.02.